The number of anilines is 2. The van der Waals surface area contributed by atoms with Gasteiger partial charge in [-0.05, 0) is 37.1 Å². The highest BCUT2D eigenvalue weighted by molar-refractivity contribution is 6.41. The van der Waals surface area contributed by atoms with Crippen LogP contribution < -0.4 is 10.2 Å². The second-order valence-electron chi connectivity index (χ2n) is 10.4. The summed E-state index contributed by atoms with van der Waals surface area (Å²) >= 11 is 0. The highest BCUT2D eigenvalue weighted by Gasteiger charge is 2.56. The van der Waals surface area contributed by atoms with Gasteiger partial charge in [-0.2, -0.15) is 23.4 Å². The Balaban J connectivity index is 1.32. The van der Waals surface area contributed by atoms with E-state index in [4.69, 9.17) is 20.4 Å². The number of nitrogens with one attached hydrogen (secondary N) is 2. The molecule has 3 aromatic heterocycles. The van der Waals surface area contributed by atoms with Gasteiger partial charge in [-0.25, -0.2) is 4.79 Å². The molecule has 0 atom stereocenters. The minimum absolute atomic E-state index is 0.00308. The Labute approximate surface area is 219 Å². The van der Waals surface area contributed by atoms with Crippen LogP contribution in [-0.4, -0.2) is 94.9 Å². The number of H-pyrrole nitrogens is 1. The number of pyridine rings is 1. The number of halogens is 3. The molecule has 2 aliphatic heterocycles. The van der Waals surface area contributed by atoms with Crippen LogP contribution in [0.25, 0.3) is 22.3 Å². The molecule has 4 radical (unpaired) electrons. The summed E-state index contributed by atoms with van der Waals surface area (Å²) in [6, 6.07) is 1.05. The van der Waals surface area contributed by atoms with Gasteiger partial charge in [-0.1, -0.05) is 6.42 Å². The van der Waals surface area contributed by atoms with Gasteiger partial charge in [-0.15, -0.1) is 0 Å². The van der Waals surface area contributed by atoms with Crippen molar-refractivity contribution in [3.8, 4) is 11.4 Å². The molecule has 3 fully saturated rings. The Morgan fingerprint density at radius 1 is 1.24 bits per heavy atom. The third kappa shape index (κ3) is 4.30. The number of amides is 2. The van der Waals surface area contributed by atoms with Crippen molar-refractivity contribution >= 4 is 44.1 Å². The summed E-state index contributed by atoms with van der Waals surface area (Å²) in [6.45, 7) is -0.211. The summed E-state index contributed by atoms with van der Waals surface area (Å²) in [5.74, 6) is 0.414. The molecule has 0 unspecified atom stereocenters. The first-order valence-corrected chi connectivity index (χ1v) is 12.4. The van der Waals surface area contributed by atoms with Crippen molar-refractivity contribution in [1.82, 2.24) is 29.9 Å². The lowest BCUT2D eigenvalue weighted by atomic mass is 9.55. The van der Waals surface area contributed by atoms with E-state index in [1.54, 1.807) is 7.11 Å². The average Bonchev–Trinajstić information content (AvgIpc) is 3.25. The van der Waals surface area contributed by atoms with Crippen molar-refractivity contribution in [2.24, 2.45) is 0 Å². The molecule has 10 nitrogen and oxygen atoms in total. The largest absolute Gasteiger partial charge is 0.408 e. The first kappa shape index (κ1) is 25.1. The van der Waals surface area contributed by atoms with Crippen LogP contribution >= 0.6 is 0 Å². The zero-order valence-corrected chi connectivity index (χ0v) is 20.8. The van der Waals surface area contributed by atoms with Gasteiger partial charge >= 0.3 is 12.2 Å². The Morgan fingerprint density at radius 2 is 2.00 bits per heavy atom. The molecular formula is C23H25B2F3N8O2. The lowest BCUT2D eigenvalue weighted by molar-refractivity contribution is -0.141. The van der Waals surface area contributed by atoms with Gasteiger partial charge < -0.3 is 19.9 Å². The van der Waals surface area contributed by atoms with Crippen LogP contribution in [0, 0.1) is 0 Å². The van der Waals surface area contributed by atoms with Gasteiger partial charge in [0.05, 0.1) is 50.3 Å². The zero-order valence-electron chi connectivity index (χ0n) is 20.8. The molecule has 2 saturated heterocycles. The Kier molecular flexibility index (Phi) is 5.71. The van der Waals surface area contributed by atoms with Gasteiger partial charge in [0.15, 0.2) is 5.82 Å². The number of nitrogens with zero attached hydrogens (tertiary/aromatic N) is 6. The lowest BCUT2D eigenvalue weighted by Crippen LogP contribution is -2.62. The van der Waals surface area contributed by atoms with E-state index < -0.39 is 24.1 Å². The molecule has 2 amide bonds. The number of hydrogen-bond acceptors (Lipinski definition) is 6. The average molecular weight is 524 g/mol. The lowest BCUT2D eigenvalue weighted by Gasteiger charge is -2.49. The Morgan fingerprint density at radius 3 is 2.68 bits per heavy atom. The summed E-state index contributed by atoms with van der Waals surface area (Å²) in [5, 5.41) is 13.1. The molecule has 6 rings (SSSR count). The molecule has 0 bridgehead atoms. The smallest absolute Gasteiger partial charge is 0.378 e. The number of carbonyl (C=O) groups is 1. The number of alkyl halides is 3. The quantitative estimate of drug-likeness (QED) is 0.498. The monoisotopic (exact) mass is 524 g/mol. The van der Waals surface area contributed by atoms with Gasteiger partial charge in [0, 0.05) is 31.9 Å². The minimum Gasteiger partial charge on any atom is -0.378 e. The predicted octanol–water partition coefficient (Wildman–Crippen LogP) is 2.76. The van der Waals surface area contributed by atoms with Crippen LogP contribution in [0.1, 0.15) is 32.1 Å². The molecule has 3 aromatic rings. The third-order valence-electron chi connectivity index (χ3n) is 7.70. The second-order valence-corrected chi connectivity index (χ2v) is 10.4. The van der Waals surface area contributed by atoms with Crippen LogP contribution in [0.15, 0.2) is 18.5 Å². The number of aromatic amines is 1. The van der Waals surface area contributed by atoms with Crippen molar-refractivity contribution in [2.45, 2.75) is 61.8 Å². The number of methoxy groups -OCH3 is 1. The molecule has 0 aromatic carbocycles. The van der Waals surface area contributed by atoms with Crippen LogP contribution in [0.4, 0.5) is 29.5 Å². The summed E-state index contributed by atoms with van der Waals surface area (Å²) < 4.78 is 46.4. The van der Waals surface area contributed by atoms with E-state index in [2.05, 4.69) is 25.6 Å². The highest BCUT2D eigenvalue weighted by atomic mass is 19.4. The van der Waals surface area contributed by atoms with Gasteiger partial charge in [-0.3, -0.25) is 14.8 Å². The fourth-order valence-electron chi connectivity index (χ4n) is 5.61. The van der Waals surface area contributed by atoms with Crippen molar-refractivity contribution in [3.63, 3.8) is 0 Å². The fraction of sp³-hybridized carbons (Fsp3) is 0.565. The number of rotatable bonds is 5. The van der Waals surface area contributed by atoms with Gasteiger partial charge in [0.2, 0.25) is 0 Å². The summed E-state index contributed by atoms with van der Waals surface area (Å²) in [6.07, 6.45) is 2.25. The molecule has 1 spiro atoms. The van der Waals surface area contributed by atoms with E-state index in [-0.39, 0.29) is 17.2 Å². The number of ether oxygens (including phenoxy) is 1. The van der Waals surface area contributed by atoms with Crippen LogP contribution in [0.2, 0.25) is 0 Å². The second kappa shape index (κ2) is 8.65. The number of aromatic nitrogens is 5. The van der Waals surface area contributed by atoms with E-state index in [9.17, 15) is 18.0 Å². The van der Waals surface area contributed by atoms with E-state index in [0.717, 1.165) is 30.4 Å². The fourth-order valence-corrected chi connectivity index (χ4v) is 5.61. The van der Waals surface area contributed by atoms with Crippen molar-refractivity contribution in [3.05, 3.63) is 18.5 Å². The normalized spacial score (nSPS) is 20.6. The maximum absolute atomic E-state index is 13.4. The summed E-state index contributed by atoms with van der Waals surface area (Å²) in [7, 11) is 14.2. The molecule has 38 heavy (non-hydrogen) atoms. The molecule has 3 aliphatic rings. The predicted molar refractivity (Wildman–Crippen MR) is 135 cm³/mol. The Bertz CT molecular complexity index is 1370. The number of likely N-dealkylation sites (tertiary alicyclic amines) is 1. The highest BCUT2D eigenvalue weighted by Crippen LogP contribution is 2.52. The number of fused-ring (bicyclic) bond motifs is 1. The minimum atomic E-state index is -4.47. The molecule has 1 aliphatic carbocycles. The van der Waals surface area contributed by atoms with Crippen LogP contribution in [0.5, 0.6) is 0 Å². The van der Waals surface area contributed by atoms with E-state index in [1.165, 1.54) is 23.4 Å². The van der Waals surface area contributed by atoms with E-state index >= 15 is 0 Å². The molecule has 5 heterocycles. The number of urea groups is 1. The maximum atomic E-state index is 13.4. The standard InChI is InChI=1S/C23H25B2F3N8O2/c1-38-13-10-34(11-13)19-14-8-29-15(7-17(14)35(33-19)12-23(26,27)28)18-16(9-30-32-18)31-20(37)36-21(5-6-21)3-2-4-22(36,24)25/h7-9,13H,2-6,10-12H2,1H3,(H,30,32)(H,31,37). The molecular weight excluding hydrogens is 499 g/mol. The number of carbonyl (C=O) groups excluding carboxylic acids is 1. The first-order chi connectivity index (χ1) is 18.0. The molecule has 2 N–H and O–H groups in total. The summed E-state index contributed by atoms with van der Waals surface area (Å²) in [4.78, 5) is 21.2. The molecule has 196 valence electrons. The molecule has 15 heteroatoms. The third-order valence-corrected chi connectivity index (χ3v) is 7.70. The number of piperidine rings is 1. The Hall–Kier alpha value is -3.22. The zero-order chi connectivity index (χ0) is 26.9. The number of hydrogen-bond donors (Lipinski definition) is 2. The van der Waals surface area contributed by atoms with Crippen molar-refractivity contribution < 1.29 is 22.7 Å². The van der Waals surface area contributed by atoms with E-state index in [0.29, 0.717) is 47.8 Å². The summed E-state index contributed by atoms with van der Waals surface area (Å²) in [5.41, 5.74) is 0.862. The SMILES string of the molecule is [B]C1([B])CCCC2(CC2)N1C(=O)Nc1cn[nH]c1-c1cc2c(cn1)c(N1CC(OC)C1)nn2CC(F)(F)F. The van der Waals surface area contributed by atoms with Crippen LogP contribution in [-0.2, 0) is 11.3 Å². The van der Waals surface area contributed by atoms with Gasteiger partial charge in [0.1, 0.15) is 12.2 Å². The molecule has 1 saturated carbocycles. The topological polar surface area (TPSA) is 104 Å². The first-order valence-electron chi connectivity index (χ1n) is 12.4. The maximum Gasteiger partial charge on any atom is 0.408 e. The van der Waals surface area contributed by atoms with Crippen molar-refractivity contribution in [1.29, 1.82) is 0 Å². The van der Waals surface area contributed by atoms with Crippen molar-refractivity contribution in [2.75, 3.05) is 30.4 Å². The van der Waals surface area contributed by atoms with Gasteiger partial charge in [0.25, 0.3) is 0 Å². The van der Waals surface area contributed by atoms with E-state index in [1.807, 2.05) is 4.90 Å². The van der Waals surface area contributed by atoms with Crippen LogP contribution in [0.3, 0.4) is 0 Å².